The van der Waals surface area contributed by atoms with Gasteiger partial charge < -0.3 is 10.4 Å². The number of rotatable bonds is 6. The Bertz CT molecular complexity index is 563. The van der Waals surface area contributed by atoms with Crippen molar-refractivity contribution >= 4 is 22.0 Å². The number of hydrogen-bond donors (Lipinski definition) is 3. The summed E-state index contributed by atoms with van der Waals surface area (Å²) in [7, 11) is -4.22. The molecule has 0 aliphatic rings. The normalized spacial score (nSPS) is 11.0. The Labute approximate surface area is 110 Å². The summed E-state index contributed by atoms with van der Waals surface area (Å²) in [6.07, 6.45) is -0.355. The zero-order chi connectivity index (χ0) is 14.5. The number of amides is 1. The van der Waals surface area contributed by atoms with Gasteiger partial charge in [0.1, 0.15) is 0 Å². The van der Waals surface area contributed by atoms with Gasteiger partial charge in [0.25, 0.3) is 10.1 Å². The Balaban J connectivity index is 2.51. The standard InChI is InChI=1S/C11H13NO6S/c13-10(5-6-11(14)15)12-7-8-1-3-9(4-2-8)19(16,17)18/h1-4H,5-7H2,(H,12,13)(H,14,15)(H,16,17,18). The second-order valence-electron chi connectivity index (χ2n) is 3.79. The number of hydrogen-bond acceptors (Lipinski definition) is 4. The molecule has 0 aliphatic heterocycles. The van der Waals surface area contributed by atoms with Gasteiger partial charge >= 0.3 is 5.97 Å². The minimum Gasteiger partial charge on any atom is -0.481 e. The highest BCUT2D eigenvalue weighted by molar-refractivity contribution is 7.85. The molecule has 7 nitrogen and oxygen atoms in total. The highest BCUT2D eigenvalue weighted by atomic mass is 32.2. The smallest absolute Gasteiger partial charge is 0.303 e. The van der Waals surface area contributed by atoms with Crippen LogP contribution in [0.25, 0.3) is 0 Å². The van der Waals surface area contributed by atoms with Gasteiger partial charge in [-0.15, -0.1) is 0 Å². The third-order valence-electron chi connectivity index (χ3n) is 2.28. The van der Waals surface area contributed by atoms with Crippen LogP contribution >= 0.6 is 0 Å². The lowest BCUT2D eigenvalue weighted by molar-refractivity contribution is -0.138. The van der Waals surface area contributed by atoms with Gasteiger partial charge in [0.05, 0.1) is 11.3 Å². The Morgan fingerprint density at radius 1 is 1.11 bits per heavy atom. The van der Waals surface area contributed by atoms with Crippen LogP contribution in [0, 0.1) is 0 Å². The molecule has 1 aromatic rings. The summed E-state index contributed by atoms with van der Waals surface area (Å²) in [4.78, 5) is 21.3. The summed E-state index contributed by atoms with van der Waals surface area (Å²) in [6, 6.07) is 5.32. The molecule has 0 fully saturated rings. The molecule has 1 aromatic carbocycles. The number of carboxylic acids is 1. The van der Waals surface area contributed by atoms with Crippen molar-refractivity contribution in [2.45, 2.75) is 24.3 Å². The molecule has 0 aromatic heterocycles. The van der Waals surface area contributed by atoms with Gasteiger partial charge in [-0.3, -0.25) is 14.1 Å². The van der Waals surface area contributed by atoms with Gasteiger partial charge in [-0.05, 0) is 17.7 Å². The molecule has 8 heteroatoms. The molecule has 0 spiro atoms. The van der Waals surface area contributed by atoms with E-state index in [9.17, 15) is 18.0 Å². The molecule has 104 valence electrons. The number of carboxylic acid groups (broad SMARTS) is 1. The largest absolute Gasteiger partial charge is 0.481 e. The minimum absolute atomic E-state index is 0.113. The second kappa shape index (κ2) is 6.30. The van der Waals surface area contributed by atoms with Crippen molar-refractivity contribution in [1.29, 1.82) is 0 Å². The third kappa shape index (κ3) is 5.49. The van der Waals surface area contributed by atoms with Gasteiger partial charge in [0.15, 0.2) is 0 Å². The van der Waals surface area contributed by atoms with E-state index in [4.69, 9.17) is 9.66 Å². The predicted molar refractivity (Wildman–Crippen MR) is 65.0 cm³/mol. The van der Waals surface area contributed by atoms with E-state index in [0.717, 1.165) is 0 Å². The maximum absolute atomic E-state index is 11.2. The zero-order valence-electron chi connectivity index (χ0n) is 9.87. The second-order valence-corrected chi connectivity index (χ2v) is 5.21. The third-order valence-corrected chi connectivity index (χ3v) is 3.14. The van der Waals surface area contributed by atoms with Gasteiger partial charge in [0, 0.05) is 13.0 Å². The summed E-state index contributed by atoms with van der Waals surface area (Å²) in [5, 5.41) is 10.9. The lowest BCUT2D eigenvalue weighted by atomic mass is 10.2. The lowest BCUT2D eigenvalue weighted by Gasteiger charge is -2.05. The molecule has 3 N–H and O–H groups in total. The number of nitrogens with one attached hydrogen (secondary N) is 1. The van der Waals surface area contributed by atoms with Crippen LogP contribution in [0.3, 0.4) is 0 Å². The average Bonchev–Trinajstić information content (AvgIpc) is 2.33. The van der Waals surface area contributed by atoms with E-state index in [2.05, 4.69) is 5.32 Å². The van der Waals surface area contributed by atoms with E-state index in [1.165, 1.54) is 24.3 Å². The summed E-state index contributed by atoms with van der Waals surface area (Å²) >= 11 is 0. The Morgan fingerprint density at radius 2 is 1.68 bits per heavy atom. The van der Waals surface area contributed by atoms with Gasteiger partial charge in [0.2, 0.25) is 5.91 Å². The van der Waals surface area contributed by atoms with E-state index < -0.39 is 22.0 Å². The molecule has 0 atom stereocenters. The SMILES string of the molecule is O=C(O)CCC(=O)NCc1ccc(S(=O)(=O)O)cc1. The van der Waals surface area contributed by atoms with Crippen LogP contribution in [0.2, 0.25) is 0 Å². The fraction of sp³-hybridized carbons (Fsp3) is 0.273. The molecule has 1 amide bonds. The topological polar surface area (TPSA) is 121 Å². The number of benzene rings is 1. The first-order chi connectivity index (χ1) is 8.79. The fourth-order valence-electron chi connectivity index (χ4n) is 1.29. The van der Waals surface area contributed by atoms with Crippen molar-refractivity contribution in [2.24, 2.45) is 0 Å². The molecule has 19 heavy (non-hydrogen) atoms. The maximum Gasteiger partial charge on any atom is 0.303 e. The molecular formula is C11H13NO6S. The van der Waals surface area contributed by atoms with Gasteiger partial charge in [-0.2, -0.15) is 8.42 Å². The van der Waals surface area contributed by atoms with Crippen LogP contribution in [0.1, 0.15) is 18.4 Å². The first kappa shape index (κ1) is 15.1. The van der Waals surface area contributed by atoms with Gasteiger partial charge in [-0.1, -0.05) is 12.1 Å². The van der Waals surface area contributed by atoms with Crippen molar-refractivity contribution in [3.8, 4) is 0 Å². The summed E-state index contributed by atoms with van der Waals surface area (Å²) in [5.74, 6) is -1.45. The van der Waals surface area contributed by atoms with Gasteiger partial charge in [-0.25, -0.2) is 0 Å². The first-order valence-corrected chi connectivity index (χ1v) is 6.78. The Hall–Kier alpha value is -1.93. The molecule has 0 saturated heterocycles. The Kier molecular flexibility index (Phi) is 5.02. The molecule has 0 saturated carbocycles. The van der Waals surface area contributed by atoms with Crippen LogP contribution in [-0.4, -0.2) is 30.0 Å². The molecule has 0 unspecified atom stereocenters. The molecule has 0 heterocycles. The molecule has 0 radical (unpaired) electrons. The Morgan fingerprint density at radius 3 is 2.16 bits per heavy atom. The summed E-state index contributed by atoms with van der Waals surface area (Å²) in [6.45, 7) is 0.157. The van der Waals surface area contributed by atoms with Crippen LogP contribution in [-0.2, 0) is 26.3 Å². The first-order valence-electron chi connectivity index (χ1n) is 5.34. The molecule has 0 bridgehead atoms. The van der Waals surface area contributed by atoms with Crippen LogP contribution in [0.5, 0.6) is 0 Å². The monoisotopic (exact) mass is 287 g/mol. The zero-order valence-corrected chi connectivity index (χ0v) is 10.7. The van der Waals surface area contributed by atoms with Crippen molar-refractivity contribution < 1.29 is 27.7 Å². The highest BCUT2D eigenvalue weighted by Crippen LogP contribution is 2.09. The fourth-order valence-corrected chi connectivity index (χ4v) is 1.77. The van der Waals surface area contributed by atoms with Crippen LogP contribution in [0.15, 0.2) is 29.2 Å². The number of carbonyl (C=O) groups is 2. The highest BCUT2D eigenvalue weighted by Gasteiger charge is 2.09. The van der Waals surface area contributed by atoms with Crippen molar-refractivity contribution in [3.63, 3.8) is 0 Å². The van der Waals surface area contributed by atoms with Crippen molar-refractivity contribution in [3.05, 3.63) is 29.8 Å². The number of aliphatic carboxylic acids is 1. The van der Waals surface area contributed by atoms with E-state index in [1.807, 2.05) is 0 Å². The molecule has 1 rings (SSSR count). The molecule has 0 aliphatic carbocycles. The number of carbonyl (C=O) groups excluding carboxylic acids is 1. The van der Waals surface area contributed by atoms with Crippen molar-refractivity contribution in [1.82, 2.24) is 5.32 Å². The average molecular weight is 287 g/mol. The lowest BCUT2D eigenvalue weighted by Crippen LogP contribution is -2.23. The predicted octanol–water partition coefficient (Wildman–Crippen LogP) is 0.414. The van der Waals surface area contributed by atoms with E-state index in [0.29, 0.717) is 5.56 Å². The summed E-state index contributed by atoms with van der Waals surface area (Å²) < 4.78 is 30.3. The summed E-state index contributed by atoms with van der Waals surface area (Å²) in [5.41, 5.74) is 0.635. The van der Waals surface area contributed by atoms with E-state index in [-0.39, 0.29) is 24.3 Å². The maximum atomic E-state index is 11.2. The van der Waals surface area contributed by atoms with Crippen LogP contribution < -0.4 is 5.32 Å². The van der Waals surface area contributed by atoms with E-state index >= 15 is 0 Å². The minimum atomic E-state index is -4.22. The van der Waals surface area contributed by atoms with Crippen LogP contribution in [0.4, 0.5) is 0 Å². The quantitative estimate of drug-likeness (QED) is 0.652. The molecular weight excluding hydrogens is 274 g/mol. The van der Waals surface area contributed by atoms with E-state index in [1.54, 1.807) is 0 Å². The van der Waals surface area contributed by atoms with Crippen molar-refractivity contribution in [2.75, 3.05) is 0 Å².